The molecule has 0 radical (unpaired) electrons. The van der Waals surface area contributed by atoms with Crippen LogP contribution in [0, 0.1) is 11.6 Å². The van der Waals surface area contributed by atoms with Gasteiger partial charge in [0.2, 0.25) is 6.79 Å². The van der Waals surface area contributed by atoms with Gasteiger partial charge in [-0.1, -0.05) is 59.8 Å². The predicted molar refractivity (Wildman–Crippen MR) is 173 cm³/mol. The van der Waals surface area contributed by atoms with E-state index in [0.717, 1.165) is 23.6 Å². The quantitative estimate of drug-likeness (QED) is 0.117. The molecule has 258 valence electrons. The Hall–Kier alpha value is -5.41. The van der Waals surface area contributed by atoms with Gasteiger partial charge < -0.3 is 28.7 Å². The molecule has 12 nitrogen and oxygen atoms in total. The van der Waals surface area contributed by atoms with E-state index in [0.29, 0.717) is 11.1 Å². The molecule has 0 bridgehead atoms. The Balaban J connectivity index is 1.40. The number of thioether (sulfide) groups is 1. The molecule has 1 aromatic heterocycles. The third kappa shape index (κ3) is 6.25. The number of carbonyl (C=O) groups excluding carboxylic acids is 3. The van der Waals surface area contributed by atoms with Crippen molar-refractivity contribution in [2.45, 2.75) is 29.3 Å². The topological polar surface area (TPSA) is 121 Å². The lowest BCUT2D eigenvalue weighted by molar-refractivity contribution is -0.143. The molecule has 50 heavy (non-hydrogen) atoms. The fraction of sp³-hybridized carbons (Fsp3) is 0.257. The molecular weight excluding hydrogens is 674 g/mol. The first kappa shape index (κ1) is 33.1. The van der Waals surface area contributed by atoms with Crippen LogP contribution < -0.4 is 15.1 Å². The minimum absolute atomic E-state index is 0.0449. The van der Waals surface area contributed by atoms with Gasteiger partial charge in [-0.05, 0) is 34.9 Å². The zero-order valence-electron chi connectivity index (χ0n) is 26.6. The van der Waals surface area contributed by atoms with Gasteiger partial charge in [-0.25, -0.2) is 18.4 Å². The molecule has 4 aromatic rings. The molecule has 1 amide bonds. The van der Waals surface area contributed by atoms with Crippen LogP contribution in [0.15, 0.2) is 89.0 Å². The number of fused-ring (bicyclic) bond motifs is 4. The maximum atomic E-state index is 15.5. The van der Waals surface area contributed by atoms with E-state index in [1.54, 1.807) is 46.1 Å². The number of amides is 1. The largest absolute Gasteiger partial charge is 0.510 e. The number of hydrogen-bond donors (Lipinski definition) is 0. The Bertz CT molecular complexity index is 2030. The van der Waals surface area contributed by atoms with Crippen LogP contribution in [0.3, 0.4) is 0 Å². The van der Waals surface area contributed by atoms with Gasteiger partial charge >= 0.3 is 12.1 Å². The molecule has 2 atom stereocenters. The summed E-state index contributed by atoms with van der Waals surface area (Å²) in [5, 5.41) is 5.86. The van der Waals surface area contributed by atoms with Crippen molar-refractivity contribution in [1.82, 2.24) is 9.58 Å². The van der Waals surface area contributed by atoms with Crippen LogP contribution >= 0.6 is 11.8 Å². The van der Waals surface area contributed by atoms with Gasteiger partial charge in [-0.3, -0.25) is 14.5 Å². The fourth-order valence-electron chi connectivity index (χ4n) is 6.28. The molecule has 0 saturated carbocycles. The van der Waals surface area contributed by atoms with Gasteiger partial charge in [-0.2, -0.15) is 0 Å². The van der Waals surface area contributed by atoms with Crippen molar-refractivity contribution < 1.29 is 46.9 Å². The minimum Gasteiger partial charge on any atom is -0.452 e. The highest BCUT2D eigenvalue weighted by Crippen LogP contribution is 2.45. The number of carbonyl (C=O) groups is 3. The highest BCUT2D eigenvalue weighted by atomic mass is 32.2. The van der Waals surface area contributed by atoms with Crippen molar-refractivity contribution in [1.29, 1.82) is 0 Å². The van der Waals surface area contributed by atoms with E-state index in [2.05, 4.69) is 9.89 Å². The molecule has 3 aliphatic heterocycles. The summed E-state index contributed by atoms with van der Waals surface area (Å²) in [5.41, 5.74) is 2.15. The second kappa shape index (κ2) is 14.2. The smallest absolute Gasteiger partial charge is 0.452 e. The summed E-state index contributed by atoms with van der Waals surface area (Å²) < 4.78 is 53.1. The van der Waals surface area contributed by atoms with E-state index in [1.165, 1.54) is 17.8 Å². The van der Waals surface area contributed by atoms with E-state index in [1.807, 2.05) is 35.3 Å². The summed E-state index contributed by atoms with van der Waals surface area (Å²) >= 11 is 1.38. The predicted octanol–water partition coefficient (Wildman–Crippen LogP) is 4.63. The molecule has 1 fully saturated rings. The first-order valence-corrected chi connectivity index (χ1v) is 16.6. The fourth-order valence-corrected chi connectivity index (χ4v) is 7.40. The Labute approximate surface area is 288 Å². The highest BCUT2D eigenvalue weighted by molar-refractivity contribution is 7.98. The minimum atomic E-state index is -1.03. The lowest BCUT2D eigenvalue weighted by atomic mass is 9.93. The summed E-state index contributed by atoms with van der Waals surface area (Å²) in [5.74, 6) is -3.04. The van der Waals surface area contributed by atoms with Crippen LogP contribution in [0.25, 0.3) is 0 Å². The van der Waals surface area contributed by atoms with Crippen molar-refractivity contribution >= 4 is 29.8 Å². The van der Waals surface area contributed by atoms with Crippen molar-refractivity contribution in [2.75, 3.05) is 38.7 Å². The van der Waals surface area contributed by atoms with Crippen LogP contribution in [-0.2, 0) is 36.0 Å². The van der Waals surface area contributed by atoms with Gasteiger partial charge in [0, 0.05) is 29.0 Å². The lowest BCUT2D eigenvalue weighted by Crippen LogP contribution is -2.66. The van der Waals surface area contributed by atoms with E-state index in [4.69, 9.17) is 19.0 Å². The number of morpholine rings is 1. The van der Waals surface area contributed by atoms with E-state index in [-0.39, 0.29) is 54.3 Å². The van der Waals surface area contributed by atoms with E-state index in [9.17, 15) is 18.8 Å². The van der Waals surface area contributed by atoms with Crippen molar-refractivity contribution in [3.8, 4) is 5.75 Å². The molecule has 0 N–H and O–H groups in total. The Morgan fingerprint density at radius 1 is 1.02 bits per heavy atom. The molecule has 1 saturated heterocycles. The molecule has 3 aliphatic rings. The number of rotatable bonds is 7. The van der Waals surface area contributed by atoms with Crippen LogP contribution in [-0.4, -0.2) is 67.4 Å². The molecule has 7 rings (SSSR count). The molecule has 3 aromatic carbocycles. The number of nitrogens with zero attached hydrogens (tertiary/aromatic N) is 4. The number of halogens is 2. The van der Waals surface area contributed by atoms with E-state index >= 15 is 4.39 Å². The SMILES string of the molecule is COC(=O)OCOc1c2n(cc/c1=N\OC(=O)Cc1ccccc1)N([C@@H]1c3ccccc3SCc3c1ccc(F)c3F)[C@@H]1COCCN1C2=O. The number of aromatic nitrogens is 1. The molecule has 0 aliphatic carbocycles. The summed E-state index contributed by atoms with van der Waals surface area (Å²) in [6.45, 7) is -0.139. The summed E-state index contributed by atoms with van der Waals surface area (Å²) in [6, 6.07) is 19.9. The van der Waals surface area contributed by atoms with Crippen LogP contribution in [0.4, 0.5) is 13.6 Å². The molecule has 0 unspecified atom stereocenters. The summed E-state index contributed by atoms with van der Waals surface area (Å²) in [7, 11) is 1.13. The van der Waals surface area contributed by atoms with Gasteiger partial charge in [0.05, 0.1) is 32.8 Å². The molecule has 15 heteroatoms. The van der Waals surface area contributed by atoms with Crippen LogP contribution in [0.5, 0.6) is 5.75 Å². The number of benzene rings is 3. The first-order chi connectivity index (χ1) is 24.4. The monoisotopic (exact) mass is 704 g/mol. The van der Waals surface area contributed by atoms with Crippen molar-refractivity contribution in [3.05, 3.63) is 124 Å². The van der Waals surface area contributed by atoms with E-state index < -0.39 is 48.7 Å². The van der Waals surface area contributed by atoms with Gasteiger partial charge in [-0.15, -0.1) is 11.8 Å². The lowest BCUT2D eigenvalue weighted by Gasteiger charge is -2.51. The maximum absolute atomic E-state index is 15.5. The second-order valence-electron chi connectivity index (χ2n) is 11.4. The van der Waals surface area contributed by atoms with Gasteiger partial charge in [0.25, 0.3) is 5.91 Å². The van der Waals surface area contributed by atoms with Crippen molar-refractivity contribution in [3.63, 3.8) is 0 Å². The molecule has 4 heterocycles. The Morgan fingerprint density at radius 3 is 2.64 bits per heavy atom. The molecular formula is C35H30F2N4O8S. The zero-order chi connectivity index (χ0) is 34.8. The number of ether oxygens (including phenoxy) is 4. The number of hydrogen-bond acceptors (Lipinski definition) is 11. The average Bonchev–Trinajstić information content (AvgIpc) is 3.30. The van der Waals surface area contributed by atoms with Crippen LogP contribution in [0.2, 0.25) is 0 Å². The summed E-state index contributed by atoms with van der Waals surface area (Å²) in [4.78, 5) is 46.7. The van der Waals surface area contributed by atoms with Crippen LogP contribution in [0.1, 0.15) is 38.8 Å². The third-order valence-electron chi connectivity index (χ3n) is 8.53. The van der Waals surface area contributed by atoms with Gasteiger partial charge in [0.1, 0.15) is 11.5 Å². The standard InChI is InChI=1S/C35H30F2N4O8S/c1-45-35(44)48-20-47-33-26(38-49-29(42)17-21-7-3-2-4-8-21)13-14-40-32(33)34(43)39-15-16-46-18-28(39)41(40)31-22-11-12-25(36)30(37)24(22)19-50-27-10-6-5-9-23(27)31/h2-14,28,31H,15-20H2,1H3/b38-26+/t28-,31+/m1/s1. The Kier molecular flexibility index (Phi) is 9.41. The average molecular weight is 705 g/mol. The highest BCUT2D eigenvalue weighted by Gasteiger charge is 2.46. The Morgan fingerprint density at radius 2 is 1.82 bits per heavy atom. The van der Waals surface area contributed by atoms with Crippen molar-refractivity contribution in [2.24, 2.45) is 5.16 Å². The second-order valence-corrected chi connectivity index (χ2v) is 12.4. The maximum Gasteiger partial charge on any atom is 0.510 e. The summed E-state index contributed by atoms with van der Waals surface area (Å²) in [6.07, 6.45) is -0.239. The van der Waals surface area contributed by atoms with Gasteiger partial charge in [0.15, 0.2) is 23.1 Å². The zero-order valence-corrected chi connectivity index (χ0v) is 27.4. The molecule has 0 spiro atoms. The third-order valence-corrected chi connectivity index (χ3v) is 9.65. The first-order valence-electron chi connectivity index (χ1n) is 15.6. The normalized spacial score (nSPS) is 18.2. The number of methoxy groups -OCH3 is 1. The number of pyridine rings is 1.